The number of hydrogen-bond acceptors (Lipinski definition) is 3. The summed E-state index contributed by atoms with van der Waals surface area (Å²) in [6.07, 6.45) is 1.98. The molecule has 11 aromatic rings. The Morgan fingerprint density at radius 2 is 0.931 bits per heavy atom. The minimum Gasteiger partial charge on any atom is -0.436 e. The maximum absolute atomic E-state index is 6.28. The van der Waals surface area contributed by atoms with E-state index in [9.17, 15) is 0 Å². The molecule has 0 N–H and O–H groups in total. The Morgan fingerprint density at radius 1 is 0.379 bits per heavy atom. The Bertz CT molecular complexity index is 3200. The first kappa shape index (κ1) is 33.5. The van der Waals surface area contributed by atoms with Crippen molar-refractivity contribution in [3.05, 3.63) is 212 Å². The zero-order chi connectivity index (χ0) is 38.4. The Kier molecular flexibility index (Phi) is 8.11. The van der Waals surface area contributed by atoms with Crippen LogP contribution in [-0.2, 0) is 0 Å². The number of benzene rings is 8. The van der Waals surface area contributed by atoms with Gasteiger partial charge in [-0.05, 0) is 75.8 Å². The average Bonchev–Trinajstić information content (AvgIpc) is 3.89. The topological polar surface area (TPSA) is 43.9 Å². The standard InChI is InChI=1S/C54H35N3O/c1-3-11-36(12-4-1)38-19-21-40(22-20-38)44-29-32-48(55-35-44)42-27-30-45(41-25-23-39(24-26-41)37-13-5-2-6-14-37)51(33-42)57-50-17-9-7-15-46(50)47-31-28-43(34-52(47)57)54-56-49-16-8-10-18-53(49)58-54/h1-35H. The first-order valence-corrected chi connectivity index (χ1v) is 19.6. The predicted octanol–water partition coefficient (Wildman–Crippen LogP) is 14.3. The zero-order valence-electron chi connectivity index (χ0n) is 31.5. The second-order valence-electron chi connectivity index (χ2n) is 14.6. The van der Waals surface area contributed by atoms with E-state index in [2.05, 4.69) is 180 Å². The van der Waals surface area contributed by atoms with E-state index in [-0.39, 0.29) is 0 Å². The fourth-order valence-corrected chi connectivity index (χ4v) is 8.17. The third-order valence-electron chi connectivity index (χ3n) is 11.1. The molecule has 0 fully saturated rings. The monoisotopic (exact) mass is 741 g/mol. The van der Waals surface area contributed by atoms with Gasteiger partial charge in [-0.2, -0.15) is 0 Å². The van der Waals surface area contributed by atoms with Crippen molar-refractivity contribution in [2.24, 2.45) is 0 Å². The number of aromatic nitrogens is 3. The van der Waals surface area contributed by atoms with Gasteiger partial charge in [0.2, 0.25) is 5.89 Å². The minimum atomic E-state index is 0.601. The summed E-state index contributed by atoms with van der Waals surface area (Å²) < 4.78 is 8.67. The molecule has 0 spiro atoms. The predicted molar refractivity (Wildman–Crippen MR) is 239 cm³/mol. The van der Waals surface area contributed by atoms with E-state index in [1.807, 2.05) is 36.5 Å². The van der Waals surface area contributed by atoms with Crippen LogP contribution in [0.5, 0.6) is 0 Å². The van der Waals surface area contributed by atoms with Gasteiger partial charge in [-0.3, -0.25) is 4.98 Å². The van der Waals surface area contributed by atoms with Gasteiger partial charge in [0, 0.05) is 39.2 Å². The maximum atomic E-state index is 6.28. The summed E-state index contributed by atoms with van der Waals surface area (Å²) in [5, 5.41) is 2.34. The molecular formula is C54H35N3O. The fraction of sp³-hybridized carbons (Fsp3) is 0. The number of nitrogens with zero attached hydrogens (tertiary/aromatic N) is 3. The summed E-state index contributed by atoms with van der Waals surface area (Å²) in [5.41, 5.74) is 17.0. The van der Waals surface area contributed by atoms with Crippen molar-refractivity contribution in [2.45, 2.75) is 0 Å². The van der Waals surface area contributed by atoms with E-state index in [1.54, 1.807) is 0 Å². The lowest BCUT2D eigenvalue weighted by molar-refractivity contribution is 0.620. The molecule has 4 heteroatoms. The Morgan fingerprint density at radius 3 is 1.62 bits per heavy atom. The van der Waals surface area contributed by atoms with Gasteiger partial charge in [-0.25, -0.2) is 4.98 Å². The molecule has 11 rings (SSSR count). The molecule has 272 valence electrons. The number of para-hydroxylation sites is 3. The molecule has 0 aliphatic carbocycles. The summed E-state index contributed by atoms with van der Waals surface area (Å²) in [4.78, 5) is 9.91. The van der Waals surface area contributed by atoms with Crippen LogP contribution in [0.2, 0.25) is 0 Å². The largest absolute Gasteiger partial charge is 0.436 e. The molecule has 0 unspecified atom stereocenters. The van der Waals surface area contributed by atoms with Crippen molar-refractivity contribution in [1.82, 2.24) is 14.5 Å². The van der Waals surface area contributed by atoms with Gasteiger partial charge in [0.15, 0.2) is 5.58 Å². The highest BCUT2D eigenvalue weighted by Crippen LogP contribution is 2.40. The van der Waals surface area contributed by atoms with E-state index < -0.39 is 0 Å². The quantitative estimate of drug-likeness (QED) is 0.163. The highest BCUT2D eigenvalue weighted by Gasteiger charge is 2.19. The van der Waals surface area contributed by atoms with Gasteiger partial charge in [-0.15, -0.1) is 0 Å². The van der Waals surface area contributed by atoms with Gasteiger partial charge in [0.1, 0.15) is 5.52 Å². The van der Waals surface area contributed by atoms with E-state index in [4.69, 9.17) is 14.4 Å². The summed E-state index contributed by atoms with van der Waals surface area (Å²) in [6, 6.07) is 72.7. The second-order valence-corrected chi connectivity index (χ2v) is 14.6. The molecule has 0 saturated heterocycles. The number of rotatable bonds is 7. The molecule has 0 amide bonds. The summed E-state index contributed by atoms with van der Waals surface area (Å²) in [6.45, 7) is 0. The van der Waals surface area contributed by atoms with Crippen LogP contribution < -0.4 is 0 Å². The number of fused-ring (bicyclic) bond motifs is 4. The Balaban J connectivity index is 1.06. The van der Waals surface area contributed by atoms with Crippen LogP contribution in [0.15, 0.2) is 217 Å². The Hall–Kier alpha value is -7.82. The van der Waals surface area contributed by atoms with Gasteiger partial charge in [0.25, 0.3) is 0 Å². The number of pyridine rings is 1. The van der Waals surface area contributed by atoms with Gasteiger partial charge in [0.05, 0.1) is 22.4 Å². The van der Waals surface area contributed by atoms with Crippen LogP contribution in [0, 0.1) is 0 Å². The fourth-order valence-electron chi connectivity index (χ4n) is 8.17. The van der Waals surface area contributed by atoms with E-state index >= 15 is 0 Å². The maximum Gasteiger partial charge on any atom is 0.227 e. The van der Waals surface area contributed by atoms with Crippen LogP contribution in [0.1, 0.15) is 0 Å². The van der Waals surface area contributed by atoms with Crippen molar-refractivity contribution in [3.63, 3.8) is 0 Å². The molecule has 58 heavy (non-hydrogen) atoms. The molecule has 8 aromatic carbocycles. The molecule has 0 saturated carbocycles. The molecule has 0 radical (unpaired) electrons. The van der Waals surface area contributed by atoms with Crippen LogP contribution >= 0.6 is 0 Å². The lowest BCUT2D eigenvalue weighted by Crippen LogP contribution is -1.99. The van der Waals surface area contributed by atoms with Crippen LogP contribution in [0.4, 0.5) is 0 Å². The molecule has 0 atom stereocenters. The lowest BCUT2D eigenvalue weighted by Gasteiger charge is -2.17. The van der Waals surface area contributed by atoms with Crippen LogP contribution in [0.25, 0.3) is 106 Å². The third-order valence-corrected chi connectivity index (χ3v) is 11.1. The molecule has 0 aliphatic rings. The van der Waals surface area contributed by atoms with Crippen molar-refractivity contribution in [2.75, 3.05) is 0 Å². The van der Waals surface area contributed by atoms with Crippen LogP contribution in [0.3, 0.4) is 0 Å². The molecule has 0 aliphatic heterocycles. The summed E-state index contributed by atoms with van der Waals surface area (Å²) in [5.74, 6) is 0.601. The summed E-state index contributed by atoms with van der Waals surface area (Å²) in [7, 11) is 0. The molecule has 4 nitrogen and oxygen atoms in total. The van der Waals surface area contributed by atoms with Crippen molar-refractivity contribution >= 4 is 32.9 Å². The molecule has 3 aromatic heterocycles. The number of oxazole rings is 1. The van der Waals surface area contributed by atoms with E-state index in [0.29, 0.717) is 5.89 Å². The van der Waals surface area contributed by atoms with Crippen LogP contribution in [-0.4, -0.2) is 14.5 Å². The second kappa shape index (κ2) is 14.0. The zero-order valence-corrected chi connectivity index (χ0v) is 31.5. The van der Waals surface area contributed by atoms with Crippen molar-refractivity contribution < 1.29 is 4.42 Å². The van der Waals surface area contributed by atoms with E-state index in [1.165, 1.54) is 27.6 Å². The van der Waals surface area contributed by atoms with Gasteiger partial charge >= 0.3 is 0 Å². The van der Waals surface area contributed by atoms with Gasteiger partial charge < -0.3 is 8.98 Å². The Labute approximate surface area is 336 Å². The lowest BCUT2D eigenvalue weighted by atomic mass is 9.96. The van der Waals surface area contributed by atoms with E-state index in [0.717, 1.165) is 72.3 Å². The third kappa shape index (κ3) is 5.96. The SMILES string of the molecule is c1ccc(-c2ccc(-c3ccc(-c4ccc(-c5ccc(-c6ccccc6)cc5)c(-n5c6ccccc6c6ccc(-c7nc8ccccc8o7)cc65)c4)nc3)cc2)cc1. The highest BCUT2D eigenvalue weighted by molar-refractivity contribution is 6.10. The van der Waals surface area contributed by atoms with Crippen molar-refractivity contribution in [1.29, 1.82) is 0 Å². The molecule has 0 bridgehead atoms. The van der Waals surface area contributed by atoms with Crippen molar-refractivity contribution in [3.8, 4) is 72.9 Å². The number of hydrogen-bond donors (Lipinski definition) is 0. The molecular weight excluding hydrogens is 707 g/mol. The normalized spacial score (nSPS) is 11.4. The summed E-state index contributed by atoms with van der Waals surface area (Å²) >= 11 is 0. The first-order chi connectivity index (χ1) is 28.7. The first-order valence-electron chi connectivity index (χ1n) is 19.6. The minimum absolute atomic E-state index is 0.601. The smallest absolute Gasteiger partial charge is 0.227 e. The average molecular weight is 742 g/mol. The van der Waals surface area contributed by atoms with Gasteiger partial charge in [-0.1, -0.05) is 164 Å². The molecule has 3 heterocycles. The highest BCUT2D eigenvalue weighted by atomic mass is 16.3.